The fourth-order valence-corrected chi connectivity index (χ4v) is 10.9. The van der Waals surface area contributed by atoms with Gasteiger partial charge in [-0.15, -0.1) is 0 Å². The topological polar surface area (TPSA) is 537 Å². The highest BCUT2D eigenvalue weighted by Gasteiger charge is 2.43. The van der Waals surface area contributed by atoms with Crippen LogP contribution in [0.3, 0.4) is 0 Å². The number of rotatable bonds is 39. The quantitative estimate of drug-likeness (QED) is 0.0199. The van der Waals surface area contributed by atoms with Crippen LogP contribution in [0.2, 0.25) is 0 Å². The van der Waals surface area contributed by atoms with E-state index in [2.05, 4.69) is 68.1 Å². The van der Waals surface area contributed by atoms with Gasteiger partial charge in [0.1, 0.15) is 59.2 Å². The largest absolute Gasteiger partial charge is 0.481 e. The van der Waals surface area contributed by atoms with Crippen LogP contribution in [-0.4, -0.2) is 202 Å². The molecule has 566 valence electrons. The third-order valence-corrected chi connectivity index (χ3v) is 16.9. The molecular formula is C72H88FN15O18. The summed E-state index contributed by atoms with van der Waals surface area (Å²) in [5.41, 5.74) is 13.1. The van der Waals surface area contributed by atoms with Crippen molar-refractivity contribution in [3.63, 3.8) is 0 Å². The van der Waals surface area contributed by atoms with Crippen LogP contribution in [0.5, 0.6) is 0 Å². The number of amides is 11. The van der Waals surface area contributed by atoms with Crippen LogP contribution >= 0.6 is 0 Å². The van der Waals surface area contributed by atoms with Crippen LogP contribution in [0, 0.1) is 12.7 Å². The fraction of sp³-hybridized carbons (Fsp3) is 0.375. The number of aryl methyl sites for hydroxylation is 1. The molecule has 0 saturated carbocycles. The first-order valence-electron chi connectivity index (χ1n) is 33.4. The molecule has 2 aromatic heterocycles. The summed E-state index contributed by atoms with van der Waals surface area (Å²) in [4.78, 5) is 187. The van der Waals surface area contributed by atoms with Crippen molar-refractivity contribution >= 4 is 76.9 Å². The number of aromatic amines is 1. The molecule has 11 atom stereocenters. The summed E-state index contributed by atoms with van der Waals surface area (Å²) in [6, 6.07) is 17.5. The number of aliphatic hydroxyl groups excluding tert-OH is 3. The zero-order valence-corrected chi connectivity index (χ0v) is 58.8. The van der Waals surface area contributed by atoms with Gasteiger partial charge in [0.05, 0.1) is 49.8 Å². The molecule has 0 bridgehead atoms. The Morgan fingerprint density at radius 1 is 0.575 bits per heavy atom. The van der Waals surface area contributed by atoms with Crippen molar-refractivity contribution in [1.29, 1.82) is 0 Å². The molecule has 0 aliphatic heterocycles. The second-order valence-electron chi connectivity index (χ2n) is 26.0. The first-order chi connectivity index (χ1) is 50.1. The monoisotopic (exact) mass is 1470 g/mol. The number of pyridine rings is 1. The number of nitrogens with zero attached hydrogens (tertiary/aromatic N) is 2. The number of aliphatic carboxylic acids is 2. The van der Waals surface area contributed by atoms with Gasteiger partial charge in [-0.1, -0.05) is 97.1 Å². The number of carboxylic acid groups (broad SMARTS) is 2. The lowest BCUT2D eigenvalue weighted by molar-refractivity contribution is -0.142. The summed E-state index contributed by atoms with van der Waals surface area (Å²) < 4.78 is 15.5. The van der Waals surface area contributed by atoms with Crippen molar-refractivity contribution in [2.45, 2.75) is 158 Å². The van der Waals surface area contributed by atoms with Crippen LogP contribution in [0.1, 0.15) is 81.8 Å². The highest BCUT2D eigenvalue weighted by molar-refractivity contribution is 6.01. The summed E-state index contributed by atoms with van der Waals surface area (Å²) in [6.45, 7) is 5.27. The molecule has 2 heterocycles. The number of carbonyl (C=O) groups excluding carboxylic acids is 11. The minimum atomic E-state index is -2.43. The molecule has 106 heavy (non-hydrogen) atoms. The number of benzene rings is 4. The highest BCUT2D eigenvalue weighted by atomic mass is 19.1. The average Bonchev–Trinajstić information content (AvgIpc) is 0.933. The molecule has 6 aromatic rings. The number of imidazole rings is 1. The molecule has 0 aliphatic rings. The lowest BCUT2D eigenvalue weighted by Gasteiger charge is -2.34. The molecule has 33 nitrogen and oxygen atoms in total. The number of primary amides is 1. The van der Waals surface area contributed by atoms with Crippen LogP contribution in [0.4, 0.5) is 4.39 Å². The number of nitrogens with one attached hydrogen (secondary N) is 11. The van der Waals surface area contributed by atoms with Gasteiger partial charge in [-0.05, 0) is 99.5 Å². The molecule has 20 N–H and O–H groups in total. The Kier molecular flexibility index (Phi) is 30.2. The Hall–Kier alpha value is -11.9. The molecule has 0 spiro atoms. The number of carboxylic acids is 2. The Bertz CT molecular complexity index is 4110. The normalized spacial score (nSPS) is 14.6. The Labute approximate surface area is 607 Å². The lowest BCUT2D eigenvalue weighted by Crippen LogP contribution is -2.67. The predicted octanol–water partition coefficient (Wildman–Crippen LogP) is -1.96. The third-order valence-electron chi connectivity index (χ3n) is 16.9. The molecule has 4 aromatic carbocycles. The van der Waals surface area contributed by atoms with Crippen molar-refractivity contribution in [2.75, 3.05) is 13.2 Å². The van der Waals surface area contributed by atoms with Crippen LogP contribution in [0.25, 0.3) is 22.4 Å². The van der Waals surface area contributed by atoms with E-state index in [4.69, 9.17) is 11.5 Å². The minimum Gasteiger partial charge on any atom is -0.481 e. The molecule has 0 fully saturated rings. The summed E-state index contributed by atoms with van der Waals surface area (Å²) in [7, 11) is 0. The predicted molar refractivity (Wildman–Crippen MR) is 378 cm³/mol. The van der Waals surface area contributed by atoms with Gasteiger partial charge in [0.15, 0.2) is 0 Å². The summed E-state index contributed by atoms with van der Waals surface area (Å²) in [6.07, 6.45) is -2.81. The van der Waals surface area contributed by atoms with Crippen molar-refractivity contribution in [1.82, 2.24) is 68.1 Å². The maximum absolute atomic E-state index is 15.5. The fourth-order valence-electron chi connectivity index (χ4n) is 10.9. The van der Waals surface area contributed by atoms with E-state index in [-0.39, 0.29) is 24.8 Å². The average molecular weight is 1470 g/mol. The van der Waals surface area contributed by atoms with Gasteiger partial charge < -0.3 is 95.2 Å². The van der Waals surface area contributed by atoms with E-state index < -0.39 is 193 Å². The van der Waals surface area contributed by atoms with E-state index >= 15 is 4.39 Å². The van der Waals surface area contributed by atoms with Gasteiger partial charge in [0, 0.05) is 55.8 Å². The summed E-state index contributed by atoms with van der Waals surface area (Å²) >= 11 is 0. The van der Waals surface area contributed by atoms with E-state index in [1.807, 2.05) is 37.3 Å². The minimum absolute atomic E-state index is 0.00893. The number of H-pyrrole nitrogens is 1. The zero-order chi connectivity index (χ0) is 78.2. The molecule has 0 unspecified atom stereocenters. The second-order valence-corrected chi connectivity index (χ2v) is 26.0. The van der Waals surface area contributed by atoms with Crippen molar-refractivity contribution < 1.29 is 92.3 Å². The Morgan fingerprint density at radius 3 is 1.72 bits per heavy atom. The van der Waals surface area contributed by atoms with E-state index in [9.17, 15) is 87.9 Å². The number of hydrogen-bond donors (Lipinski definition) is 18. The number of hydrogen-bond acceptors (Lipinski definition) is 19. The third kappa shape index (κ3) is 24.7. The van der Waals surface area contributed by atoms with E-state index in [0.717, 1.165) is 49.1 Å². The molecular weight excluding hydrogens is 1380 g/mol. The van der Waals surface area contributed by atoms with Crippen LogP contribution < -0.4 is 64.6 Å². The molecule has 34 heteroatoms. The molecule has 6 rings (SSSR count). The highest BCUT2D eigenvalue weighted by Crippen LogP contribution is 2.25. The first kappa shape index (κ1) is 83.1. The van der Waals surface area contributed by atoms with E-state index in [0.29, 0.717) is 22.5 Å². The number of halogens is 1. The molecule has 0 saturated heterocycles. The first-order valence-corrected chi connectivity index (χ1v) is 33.4. The van der Waals surface area contributed by atoms with E-state index in [1.54, 1.807) is 66.9 Å². The van der Waals surface area contributed by atoms with Gasteiger partial charge in [0.2, 0.25) is 65.0 Å². The maximum atomic E-state index is 15.5. The number of carbonyl (C=O) groups is 13. The Balaban J connectivity index is 1.16. The number of nitrogens with two attached hydrogens (primary N) is 2. The zero-order valence-electron chi connectivity index (χ0n) is 58.8. The molecule has 0 aliphatic carbocycles. The smallest absolute Gasteiger partial charge is 0.305 e. The van der Waals surface area contributed by atoms with Crippen molar-refractivity contribution in [3.05, 3.63) is 168 Å². The number of aromatic nitrogens is 3. The summed E-state index contributed by atoms with van der Waals surface area (Å²) in [5.74, 6) is -16.7. The summed E-state index contributed by atoms with van der Waals surface area (Å²) in [5, 5.41) is 75.0. The van der Waals surface area contributed by atoms with Crippen LogP contribution in [0.15, 0.2) is 134 Å². The van der Waals surface area contributed by atoms with Gasteiger partial charge in [-0.2, -0.15) is 0 Å². The second kappa shape index (κ2) is 38.6. The van der Waals surface area contributed by atoms with Crippen molar-refractivity contribution in [3.8, 4) is 22.4 Å². The lowest BCUT2D eigenvalue weighted by atomic mass is 9.90. The van der Waals surface area contributed by atoms with Crippen molar-refractivity contribution in [2.24, 2.45) is 11.5 Å². The Morgan fingerprint density at radius 2 is 1.14 bits per heavy atom. The van der Waals surface area contributed by atoms with E-state index in [1.165, 1.54) is 44.6 Å². The van der Waals surface area contributed by atoms with Crippen LogP contribution in [-0.2, 0) is 88.0 Å². The van der Waals surface area contributed by atoms with Gasteiger partial charge in [-0.25, -0.2) is 9.37 Å². The van der Waals surface area contributed by atoms with Gasteiger partial charge in [-0.3, -0.25) is 67.3 Å². The standard InChI is InChI=1S/C72H88FN15O18/c1-38-13-7-9-15-47(38)43-22-18-42(19-23-43)30-53(64(100)80-52(61(75)97)29-41-20-24-44(25-21-41)50-17-11-12-28-77-50)81-65(101)54(32-58(95)96)82-66(102)55(36-89)83-67(103)59(39(2)90)86-70(106)72(6,33-45-14-8-10-16-48(45)73)88-68(104)60(40(3)91)85-56(92)35-78-63(99)51(26-27-57(93)94)84-69(105)71(4,5)87-62(98)49(74)31-46-34-76-37-79-46/h7-25,28,34,37,39-40,49,51-55,59-60,89-91H,26-27,29-33,35-36,74H2,1-6H3,(H2,75,97)(H,76,79)(H,78,99)(H,80,100)(H,81,101)(H,82,102)(H,83,103)(H,84,105)(H,85,92)(H,86,106)(H,87,98)(H,88,104)(H,93,94)(H,95,96)/t39-,40-,49+,51+,52+,53+,54+,55+,59+,60+,72+/m1/s1. The maximum Gasteiger partial charge on any atom is 0.305 e. The molecule has 11 amide bonds. The molecule has 0 radical (unpaired) electrons. The SMILES string of the molecule is Cc1ccccc1-c1ccc(C[C@H](NC(=O)[C@H](CC(=O)O)NC(=O)[C@H](CO)NC(=O)[C@@H](NC(=O)[C@](C)(Cc2ccccc2F)NC(=O)[C@@H](NC(=O)CNC(=O)[C@H](CCC(=O)O)NC(=O)C(C)(C)NC(=O)[C@@H](N)Cc2cnc[nH]2)[C@@H](C)O)[C@@H](C)O)C(=O)N[C@@H](Cc2ccc(-c3ccccn3)cc2)C(N)=O)cc1. The van der Waals surface area contributed by atoms with Gasteiger partial charge >= 0.3 is 11.9 Å². The number of aliphatic hydroxyl groups is 3. The van der Waals surface area contributed by atoms with Gasteiger partial charge in [0.25, 0.3) is 0 Å².